The van der Waals surface area contributed by atoms with Gasteiger partial charge in [-0.1, -0.05) is 0 Å². The number of carbonyl (C=O) groups is 1. The van der Waals surface area contributed by atoms with E-state index in [-0.39, 0.29) is 5.69 Å². The van der Waals surface area contributed by atoms with Crippen LogP contribution in [0.25, 0.3) is 0 Å². The molecule has 0 bridgehead atoms. The van der Waals surface area contributed by atoms with Gasteiger partial charge in [0, 0.05) is 19.3 Å². The van der Waals surface area contributed by atoms with Gasteiger partial charge in [0.15, 0.2) is 0 Å². The van der Waals surface area contributed by atoms with Crippen molar-refractivity contribution in [1.29, 1.82) is 0 Å². The molecule has 1 aliphatic heterocycles. The number of pyridine rings is 1. The molecule has 0 saturated carbocycles. The molecule has 0 radical (unpaired) electrons. The van der Waals surface area contributed by atoms with Gasteiger partial charge < -0.3 is 9.47 Å². The lowest BCUT2D eigenvalue weighted by Crippen LogP contribution is -2.42. The first-order valence-electron chi connectivity index (χ1n) is 6.13. The highest BCUT2D eigenvalue weighted by molar-refractivity contribution is 5.79. The topological polar surface area (TPSA) is 94.8 Å². The molecule has 1 unspecified atom stereocenters. The Morgan fingerprint density at radius 1 is 1.55 bits per heavy atom. The summed E-state index contributed by atoms with van der Waals surface area (Å²) in [5.41, 5.74) is 0.105. The minimum absolute atomic E-state index is 0.186. The van der Waals surface area contributed by atoms with Crippen LogP contribution in [0.4, 0.5) is 5.69 Å². The normalized spacial score (nSPS) is 17.4. The third-order valence-corrected chi connectivity index (χ3v) is 3.16. The van der Waals surface area contributed by atoms with Gasteiger partial charge in [-0.3, -0.25) is 20.0 Å². The highest BCUT2D eigenvalue weighted by atomic mass is 16.6. The second-order valence-electron chi connectivity index (χ2n) is 4.27. The summed E-state index contributed by atoms with van der Waals surface area (Å²) >= 11 is 0. The molecule has 1 fully saturated rings. The molecule has 1 atom stereocenters. The van der Waals surface area contributed by atoms with Crippen molar-refractivity contribution in [2.75, 3.05) is 33.4 Å². The summed E-state index contributed by atoms with van der Waals surface area (Å²) in [5, 5.41) is 11.1. The van der Waals surface area contributed by atoms with Gasteiger partial charge in [-0.15, -0.1) is 0 Å². The molecule has 0 aromatic carbocycles. The van der Waals surface area contributed by atoms with Crippen LogP contribution in [0.3, 0.4) is 0 Å². The number of hydrogen-bond donors (Lipinski definition) is 0. The number of morpholine rings is 1. The third-order valence-electron chi connectivity index (χ3n) is 3.16. The Morgan fingerprint density at radius 2 is 2.25 bits per heavy atom. The zero-order valence-corrected chi connectivity index (χ0v) is 11.0. The molecular formula is C12H15N3O5. The molecule has 20 heavy (non-hydrogen) atoms. The van der Waals surface area contributed by atoms with Crippen LogP contribution < -0.4 is 0 Å². The van der Waals surface area contributed by atoms with E-state index in [1.807, 2.05) is 4.90 Å². The number of rotatable bonds is 4. The molecule has 0 aliphatic carbocycles. The lowest BCUT2D eigenvalue weighted by Gasteiger charge is -2.32. The van der Waals surface area contributed by atoms with E-state index in [2.05, 4.69) is 4.98 Å². The lowest BCUT2D eigenvalue weighted by atomic mass is 10.0. The van der Waals surface area contributed by atoms with E-state index in [0.29, 0.717) is 31.9 Å². The summed E-state index contributed by atoms with van der Waals surface area (Å²) < 4.78 is 10.0. The van der Waals surface area contributed by atoms with Crippen LogP contribution in [0.15, 0.2) is 18.5 Å². The Bertz CT molecular complexity index is 502. The minimum atomic E-state index is -0.813. The van der Waals surface area contributed by atoms with Gasteiger partial charge >= 0.3 is 5.97 Å². The zero-order valence-electron chi connectivity index (χ0n) is 11.0. The van der Waals surface area contributed by atoms with Crippen LogP contribution in [0.1, 0.15) is 11.6 Å². The molecule has 0 N–H and O–H groups in total. The van der Waals surface area contributed by atoms with E-state index in [0.717, 1.165) is 6.20 Å². The summed E-state index contributed by atoms with van der Waals surface area (Å²) in [5.74, 6) is -0.527. The van der Waals surface area contributed by atoms with Gasteiger partial charge in [0.2, 0.25) is 0 Å². The maximum atomic E-state index is 12.0. The van der Waals surface area contributed by atoms with Crippen molar-refractivity contribution in [2.24, 2.45) is 0 Å². The molecular weight excluding hydrogens is 266 g/mol. The highest BCUT2D eigenvalue weighted by Crippen LogP contribution is 2.30. The number of aromatic nitrogens is 1. The molecule has 2 rings (SSSR count). The van der Waals surface area contributed by atoms with Crippen LogP contribution >= 0.6 is 0 Å². The predicted molar refractivity (Wildman–Crippen MR) is 68.0 cm³/mol. The molecule has 0 amide bonds. The van der Waals surface area contributed by atoms with E-state index in [9.17, 15) is 14.9 Å². The number of methoxy groups -OCH3 is 1. The Labute approximate surface area is 115 Å². The molecule has 108 valence electrons. The third kappa shape index (κ3) is 2.91. The Hall–Kier alpha value is -2.06. The first kappa shape index (κ1) is 14.4. The predicted octanol–water partition coefficient (Wildman–Crippen LogP) is 0.536. The van der Waals surface area contributed by atoms with E-state index in [1.54, 1.807) is 0 Å². The van der Waals surface area contributed by atoms with E-state index < -0.39 is 16.9 Å². The second-order valence-corrected chi connectivity index (χ2v) is 4.27. The fraction of sp³-hybridized carbons (Fsp3) is 0.500. The maximum Gasteiger partial charge on any atom is 0.328 e. The van der Waals surface area contributed by atoms with Crippen molar-refractivity contribution in [2.45, 2.75) is 6.04 Å². The fourth-order valence-corrected chi connectivity index (χ4v) is 2.20. The minimum Gasteiger partial charge on any atom is -0.468 e. The standard InChI is InChI=1S/C12H15N3O5/c1-19-12(16)11(14-4-6-20-7-5-14)9-2-3-13-8-10(9)15(17)18/h2-3,8,11H,4-7H2,1H3. The van der Waals surface area contributed by atoms with Crippen molar-refractivity contribution in [3.05, 3.63) is 34.1 Å². The molecule has 2 heterocycles. The van der Waals surface area contributed by atoms with Crippen LogP contribution in [0.2, 0.25) is 0 Å². The summed E-state index contributed by atoms with van der Waals surface area (Å²) in [6.07, 6.45) is 2.57. The van der Waals surface area contributed by atoms with E-state index >= 15 is 0 Å². The summed E-state index contributed by atoms with van der Waals surface area (Å²) in [6.45, 7) is 1.98. The van der Waals surface area contributed by atoms with E-state index in [4.69, 9.17) is 9.47 Å². The van der Waals surface area contributed by atoms with Gasteiger partial charge in [0.25, 0.3) is 5.69 Å². The zero-order chi connectivity index (χ0) is 14.5. The fourth-order valence-electron chi connectivity index (χ4n) is 2.20. The first-order chi connectivity index (χ1) is 9.65. The smallest absolute Gasteiger partial charge is 0.328 e. The number of carbonyl (C=O) groups excluding carboxylic acids is 1. The van der Waals surface area contributed by atoms with Gasteiger partial charge in [-0.25, -0.2) is 4.79 Å². The van der Waals surface area contributed by atoms with Gasteiger partial charge in [0.1, 0.15) is 12.2 Å². The summed E-state index contributed by atoms with van der Waals surface area (Å²) in [6, 6.07) is 0.669. The number of nitrogens with zero attached hydrogens (tertiary/aromatic N) is 3. The van der Waals surface area contributed by atoms with Crippen LogP contribution in [-0.4, -0.2) is 54.2 Å². The van der Waals surface area contributed by atoms with Gasteiger partial charge in [-0.2, -0.15) is 0 Å². The van der Waals surface area contributed by atoms with Crippen LogP contribution in [-0.2, 0) is 14.3 Å². The number of hydrogen-bond acceptors (Lipinski definition) is 7. The maximum absolute atomic E-state index is 12.0. The number of esters is 1. The van der Waals surface area contributed by atoms with Crippen molar-refractivity contribution >= 4 is 11.7 Å². The Morgan fingerprint density at radius 3 is 2.85 bits per heavy atom. The molecule has 1 aromatic rings. The number of ether oxygens (including phenoxy) is 2. The van der Waals surface area contributed by atoms with E-state index in [1.165, 1.54) is 19.4 Å². The van der Waals surface area contributed by atoms with Crippen LogP contribution in [0.5, 0.6) is 0 Å². The Kier molecular flexibility index (Phi) is 4.59. The average molecular weight is 281 g/mol. The van der Waals surface area contributed by atoms with Crippen molar-refractivity contribution in [3.63, 3.8) is 0 Å². The van der Waals surface area contributed by atoms with Gasteiger partial charge in [0.05, 0.1) is 30.8 Å². The van der Waals surface area contributed by atoms with Gasteiger partial charge in [-0.05, 0) is 6.07 Å². The van der Waals surface area contributed by atoms with Crippen LogP contribution in [0, 0.1) is 10.1 Å². The second kappa shape index (κ2) is 6.40. The summed E-state index contributed by atoms with van der Waals surface area (Å²) in [7, 11) is 1.27. The molecule has 8 heteroatoms. The SMILES string of the molecule is COC(=O)C(c1ccncc1[N+](=O)[O-])N1CCOCC1. The first-order valence-corrected chi connectivity index (χ1v) is 6.13. The van der Waals surface area contributed by atoms with Crippen molar-refractivity contribution in [3.8, 4) is 0 Å². The largest absolute Gasteiger partial charge is 0.468 e. The molecule has 1 aromatic heterocycles. The number of nitro groups is 1. The molecule has 0 spiro atoms. The van der Waals surface area contributed by atoms with Crippen molar-refractivity contribution in [1.82, 2.24) is 9.88 Å². The van der Waals surface area contributed by atoms with Crippen molar-refractivity contribution < 1.29 is 19.2 Å². The average Bonchev–Trinajstić information content (AvgIpc) is 2.48. The molecule has 1 saturated heterocycles. The monoisotopic (exact) mass is 281 g/mol. The Balaban J connectivity index is 2.40. The highest BCUT2D eigenvalue weighted by Gasteiger charge is 2.34. The lowest BCUT2D eigenvalue weighted by molar-refractivity contribution is -0.386. The molecule has 8 nitrogen and oxygen atoms in total. The molecule has 1 aliphatic rings. The quantitative estimate of drug-likeness (QED) is 0.451. The summed E-state index contributed by atoms with van der Waals surface area (Å²) in [4.78, 5) is 28.1.